The maximum Gasteiger partial charge on any atom is 0.229 e. The van der Waals surface area contributed by atoms with E-state index in [1.165, 1.54) is 6.20 Å². The van der Waals surface area contributed by atoms with Crippen molar-refractivity contribution in [1.82, 2.24) is 19.9 Å². The highest BCUT2D eigenvalue weighted by molar-refractivity contribution is 7.92. The highest BCUT2D eigenvalue weighted by atomic mass is 35.5. The van der Waals surface area contributed by atoms with Gasteiger partial charge in [0.15, 0.2) is 0 Å². The second-order valence-corrected chi connectivity index (χ2v) is 9.36. The van der Waals surface area contributed by atoms with Gasteiger partial charge in [-0.2, -0.15) is 4.39 Å². The van der Waals surface area contributed by atoms with Crippen LogP contribution in [0.25, 0.3) is 11.0 Å². The molecule has 0 aromatic carbocycles. The fourth-order valence-electron chi connectivity index (χ4n) is 3.28. The second kappa shape index (κ2) is 8.60. The quantitative estimate of drug-likeness (QED) is 0.408. The molecule has 0 fully saturated rings. The van der Waals surface area contributed by atoms with Gasteiger partial charge in [-0.1, -0.05) is 23.7 Å². The van der Waals surface area contributed by atoms with Gasteiger partial charge in [-0.25, -0.2) is 23.4 Å². The van der Waals surface area contributed by atoms with Crippen molar-refractivity contribution in [3.63, 3.8) is 0 Å². The molecule has 0 bridgehead atoms. The Hall–Kier alpha value is -3.04. The fourth-order valence-corrected chi connectivity index (χ4v) is 3.93. The lowest BCUT2D eigenvalue weighted by molar-refractivity contribution is 0.563. The number of hydrogen-bond acceptors (Lipinski definition) is 5. The lowest BCUT2D eigenvalue weighted by atomic mass is 10.0. The summed E-state index contributed by atoms with van der Waals surface area (Å²) in [5.41, 5.74) is 3.83. The van der Waals surface area contributed by atoms with E-state index in [0.717, 1.165) is 17.4 Å². The number of H-pyrrole nitrogens is 1. The first kappa shape index (κ1) is 21.2. The van der Waals surface area contributed by atoms with E-state index in [0.29, 0.717) is 52.4 Å². The number of aromatic amines is 1. The van der Waals surface area contributed by atoms with E-state index in [9.17, 15) is 12.8 Å². The van der Waals surface area contributed by atoms with Crippen LogP contribution in [0.3, 0.4) is 0 Å². The summed E-state index contributed by atoms with van der Waals surface area (Å²) < 4.78 is 40.0. The number of pyridine rings is 3. The maximum absolute atomic E-state index is 14.7. The Bertz CT molecular complexity index is 1340. The van der Waals surface area contributed by atoms with E-state index < -0.39 is 16.0 Å². The smallest absolute Gasteiger partial charge is 0.229 e. The highest BCUT2D eigenvalue weighted by Gasteiger charge is 2.12. The van der Waals surface area contributed by atoms with Crippen LogP contribution in [-0.4, -0.2) is 34.6 Å². The Morgan fingerprint density at radius 2 is 1.94 bits per heavy atom. The van der Waals surface area contributed by atoms with Crippen molar-refractivity contribution in [2.24, 2.45) is 0 Å². The van der Waals surface area contributed by atoms with E-state index in [1.807, 2.05) is 12.1 Å². The summed E-state index contributed by atoms with van der Waals surface area (Å²) in [6.45, 7) is 0. The third-order valence-corrected chi connectivity index (χ3v) is 5.57. The van der Waals surface area contributed by atoms with E-state index >= 15 is 0 Å². The molecule has 4 rings (SSSR count). The van der Waals surface area contributed by atoms with E-state index in [2.05, 4.69) is 24.7 Å². The molecule has 0 amide bonds. The topological polar surface area (TPSA) is 101 Å². The molecule has 0 unspecified atom stereocenters. The molecule has 31 heavy (non-hydrogen) atoms. The largest absolute Gasteiger partial charge is 0.346 e. The molecule has 0 saturated heterocycles. The van der Waals surface area contributed by atoms with E-state index in [1.54, 1.807) is 30.6 Å². The average molecular weight is 460 g/mol. The molecular formula is C21H19ClFN5O2S. The van der Waals surface area contributed by atoms with Crippen molar-refractivity contribution < 1.29 is 12.8 Å². The van der Waals surface area contributed by atoms with Gasteiger partial charge < -0.3 is 4.98 Å². The third kappa shape index (κ3) is 5.36. The first-order valence-electron chi connectivity index (χ1n) is 9.45. The van der Waals surface area contributed by atoms with Gasteiger partial charge in [-0.05, 0) is 42.2 Å². The van der Waals surface area contributed by atoms with Crippen LogP contribution in [0, 0.1) is 5.95 Å². The Labute approximate surface area is 183 Å². The number of aryl methyl sites for hydroxylation is 2. The summed E-state index contributed by atoms with van der Waals surface area (Å²) >= 11 is 5.79. The van der Waals surface area contributed by atoms with Crippen LogP contribution in [0.2, 0.25) is 5.15 Å². The normalized spacial score (nSPS) is 11.7. The Morgan fingerprint density at radius 1 is 1.10 bits per heavy atom. The Kier molecular flexibility index (Phi) is 5.88. The number of nitrogens with one attached hydrogen (secondary N) is 2. The van der Waals surface area contributed by atoms with Crippen LogP contribution in [-0.2, 0) is 29.3 Å². The number of halogens is 2. The first-order valence-corrected chi connectivity index (χ1v) is 11.7. The van der Waals surface area contributed by atoms with Crippen LogP contribution < -0.4 is 4.72 Å². The van der Waals surface area contributed by atoms with Crippen molar-refractivity contribution >= 4 is 38.3 Å². The monoisotopic (exact) mass is 459 g/mol. The Balaban J connectivity index is 1.50. The number of sulfonamides is 1. The van der Waals surface area contributed by atoms with Gasteiger partial charge in [0.1, 0.15) is 10.8 Å². The van der Waals surface area contributed by atoms with Gasteiger partial charge in [0.05, 0.1) is 18.1 Å². The highest BCUT2D eigenvalue weighted by Crippen LogP contribution is 2.24. The summed E-state index contributed by atoms with van der Waals surface area (Å²) in [5.74, 6) is -0.528. The van der Waals surface area contributed by atoms with Crippen LogP contribution in [0.4, 0.5) is 10.1 Å². The predicted molar refractivity (Wildman–Crippen MR) is 118 cm³/mol. The molecule has 0 aliphatic heterocycles. The van der Waals surface area contributed by atoms with E-state index in [4.69, 9.17) is 11.6 Å². The minimum absolute atomic E-state index is 0.296. The van der Waals surface area contributed by atoms with Crippen LogP contribution >= 0.6 is 11.6 Å². The van der Waals surface area contributed by atoms with Gasteiger partial charge in [0.2, 0.25) is 16.0 Å². The van der Waals surface area contributed by atoms with Gasteiger partial charge >= 0.3 is 0 Å². The SMILES string of the molecule is CS(=O)(=O)Nc1cnc2[nH]cc(Cc3ccc(CCc4ccc(Cl)nc4)nc3F)c2c1. The minimum Gasteiger partial charge on any atom is -0.346 e. The molecule has 160 valence electrons. The van der Waals surface area contributed by atoms with Crippen molar-refractivity contribution in [2.75, 3.05) is 11.0 Å². The third-order valence-electron chi connectivity index (χ3n) is 4.74. The standard InChI is InChI=1S/C21H19ClFN5O2S/c1-31(29,30)28-17-9-18-15(11-25-21(18)26-12-17)8-14-4-6-16(27-20(14)23)5-2-13-3-7-19(22)24-10-13/h3-4,6-7,9-12,28H,2,5,8H2,1H3,(H,25,26). The fraction of sp³-hybridized carbons (Fsp3) is 0.190. The Morgan fingerprint density at radius 3 is 2.65 bits per heavy atom. The summed E-state index contributed by atoms with van der Waals surface area (Å²) in [6.07, 6.45) is 7.49. The number of anilines is 1. The van der Waals surface area contributed by atoms with Gasteiger partial charge in [-0.15, -0.1) is 0 Å². The molecule has 7 nitrogen and oxygen atoms in total. The van der Waals surface area contributed by atoms with Crippen LogP contribution in [0.5, 0.6) is 0 Å². The molecule has 2 N–H and O–H groups in total. The average Bonchev–Trinajstić information content (AvgIpc) is 3.10. The number of fused-ring (bicyclic) bond motifs is 1. The molecular weight excluding hydrogens is 441 g/mol. The molecule has 4 heterocycles. The predicted octanol–water partition coefficient (Wildman–Crippen LogP) is 3.89. The first-order chi connectivity index (χ1) is 14.8. The summed E-state index contributed by atoms with van der Waals surface area (Å²) in [4.78, 5) is 15.4. The zero-order chi connectivity index (χ0) is 22.0. The number of rotatable bonds is 7. The molecule has 4 aromatic heterocycles. The summed E-state index contributed by atoms with van der Waals surface area (Å²) in [6, 6.07) is 8.82. The van der Waals surface area contributed by atoms with Crippen molar-refractivity contribution in [1.29, 1.82) is 0 Å². The van der Waals surface area contributed by atoms with E-state index in [-0.39, 0.29) is 0 Å². The van der Waals surface area contributed by atoms with Gasteiger partial charge in [0.25, 0.3) is 0 Å². The molecule has 0 aliphatic rings. The maximum atomic E-state index is 14.7. The zero-order valence-corrected chi connectivity index (χ0v) is 18.1. The number of aromatic nitrogens is 4. The minimum atomic E-state index is -3.42. The molecule has 10 heteroatoms. The van der Waals surface area contributed by atoms with Crippen LogP contribution in [0.1, 0.15) is 22.4 Å². The lowest BCUT2D eigenvalue weighted by Gasteiger charge is -2.07. The van der Waals surface area contributed by atoms with Crippen molar-refractivity contribution in [2.45, 2.75) is 19.3 Å². The molecule has 4 aromatic rings. The number of hydrogen-bond donors (Lipinski definition) is 2. The van der Waals surface area contributed by atoms with Gasteiger partial charge in [0, 0.05) is 35.5 Å². The zero-order valence-electron chi connectivity index (χ0n) is 16.6. The molecule has 0 saturated carbocycles. The number of nitrogens with zero attached hydrogens (tertiary/aromatic N) is 3. The van der Waals surface area contributed by atoms with Crippen molar-refractivity contribution in [3.05, 3.63) is 82.4 Å². The molecule has 0 aliphatic carbocycles. The lowest BCUT2D eigenvalue weighted by Crippen LogP contribution is -2.09. The second-order valence-electron chi connectivity index (χ2n) is 7.23. The van der Waals surface area contributed by atoms with Gasteiger partial charge in [-0.3, -0.25) is 4.72 Å². The van der Waals surface area contributed by atoms with Crippen molar-refractivity contribution in [3.8, 4) is 0 Å². The summed E-state index contributed by atoms with van der Waals surface area (Å²) in [5, 5.41) is 1.15. The molecule has 0 atom stereocenters. The summed E-state index contributed by atoms with van der Waals surface area (Å²) in [7, 11) is -3.42. The molecule has 0 spiro atoms. The van der Waals surface area contributed by atoms with Crippen LogP contribution in [0.15, 0.2) is 48.9 Å². The molecule has 0 radical (unpaired) electrons.